The van der Waals surface area contributed by atoms with E-state index in [9.17, 15) is 14.9 Å². The first-order valence-corrected chi connectivity index (χ1v) is 11.7. The summed E-state index contributed by atoms with van der Waals surface area (Å²) < 4.78 is 1.77. The van der Waals surface area contributed by atoms with Crippen LogP contribution < -0.4 is 4.90 Å². The minimum atomic E-state index is -0.445. The summed E-state index contributed by atoms with van der Waals surface area (Å²) in [5.41, 5.74) is 4.76. The Bertz CT molecular complexity index is 1640. The predicted molar refractivity (Wildman–Crippen MR) is 136 cm³/mol. The summed E-state index contributed by atoms with van der Waals surface area (Å²) in [6, 6.07) is 25.6. The molecule has 1 aliphatic rings. The number of ketones is 1. The zero-order valence-corrected chi connectivity index (χ0v) is 19.4. The van der Waals surface area contributed by atoms with Gasteiger partial charge in [-0.1, -0.05) is 30.0 Å². The fourth-order valence-electron chi connectivity index (χ4n) is 4.37. The van der Waals surface area contributed by atoms with Crippen molar-refractivity contribution in [2.75, 3.05) is 11.9 Å². The molecule has 0 saturated carbocycles. The number of benzene rings is 3. The lowest BCUT2D eigenvalue weighted by Crippen LogP contribution is -2.16. The van der Waals surface area contributed by atoms with Crippen LogP contribution in [-0.4, -0.2) is 27.1 Å². The van der Waals surface area contributed by atoms with E-state index in [1.807, 2.05) is 55.6 Å². The summed E-state index contributed by atoms with van der Waals surface area (Å²) in [6.45, 7) is 0. The molecule has 8 heteroatoms. The Labute approximate surface area is 204 Å². The third kappa shape index (κ3) is 3.46. The minimum Gasteiger partial charge on any atom is -0.343 e. The quantitative estimate of drug-likeness (QED) is 0.170. The number of imidazole rings is 1. The molecule has 2 aromatic heterocycles. The van der Waals surface area contributed by atoms with Gasteiger partial charge in [0.1, 0.15) is 17.0 Å². The monoisotopic (exact) mass is 478 g/mol. The highest BCUT2D eigenvalue weighted by molar-refractivity contribution is 7.99. The van der Waals surface area contributed by atoms with Crippen molar-refractivity contribution >= 4 is 40.3 Å². The second kappa shape index (κ2) is 8.11. The molecule has 7 nitrogen and oxygen atoms in total. The van der Waals surface area contributed by atoms with Gasteiger partial charge in [0, 0.05) is 46.3 Å². The van der Waals surface area contributed by atoms with Crippen molar-refractivity contribution in [1.29, 1.82) is 0 Å². The van der Waals surface area contributed by atoms with Crippen LogP contribution in [0.3, 0.4) is 0 Å². The topological polar surface area (TPSA) is 80.8 Å². The van der Waals surface area contributed by atoms with E-state index < -0.39 is 4.92 Å². The normalized spacial score (nSPS) is 12.3. The van der Waals surface area contributed by atoms with Gasteiger partial charge in [0.05, 0.1) is 16.3 Å². The summed E-state index contributed by atoms with van der Waals surface area (Å²) in [5, 5.41) is 11.1. The van der Waals surface area contributed by atoms with Gasteiger partial charge in [-0.2, -0.15) is 0 Å². The van der Waals surface area contributed by atoms with Crippen LogP contribution in [0, 0.1) is 10.1 Å². The van der Waals surface area contributed by atoms with E-state index in [4.69, 9.17) is 4.98 Å². The molecule has 0 atom stereocenters. The summed E-state index contributed by atoms with van der Waals surface area (Å²) in [6.07, 6.45) is 1.81. The number of pyridine rings is 1. The third-order valence-electron chi connectivity index (χ3n) is 6.13. The number of nitro groups is 1. The van der Waals surface area contributed by atoms with Crippen LogP contribution in [0.5, 0.6) is 0 Å². The highest BCUT2D eigenvalue weighted by Crippen LogP contribution is 2.47. The van der Waals surface area contributed by atoms with Gasteiger partial charge in [0.15, 0.2) is 0 Å². The molecule has 5 aromatic rings. The standard InChI is InChI=1S/C27H18N4O3S/c1-29-20-6-2-3-7-22(20)35-23-14-11-18(16-21(23)29)27(32)26-25(28-24-8-4-5-15-30(24)26)17-9-12-19(13-10-17)31(33)34/h2-16H,1H3. The maximum Gasteiger partial charge on any atom is 0.269 e. The molecule has 0 bridgehead atoms. The highest BCUT2D eigenvalue weighted by Gasteiger charge is 2.26. The van der Waals surface area contributed by atoms with E-state index in [1.54, 1.807) is 34.5 Å². The number of carbonyl (C=O) groups excluding carboxylic acids is 1. The van der Waals surface area contributed by atoms with E-state index in [0.29, 0.717) is 28.2 Å². The van der Waals surface area contributed by atoms with Gasteiger partial charge in [-0.3, -0.25) is 19.3 Å². The Hall–Kier alpha value is -4.43. The maximum atomic E-state index is 13.9. The number of hydrogen-bond acceptors (Lipinski definition) is 6. The van der Waals surface area contributed by atoms with Gasteiger partial charge in [-0.15, -0.1) is 0 Å². The Balaban J connectivity index is 1.47. The van der Waals surface area contributed by atoms with Crippen molar-refractivity contribution in [1.82, 2.24) is 9.38 Å². The fourth-order valence-corrected chi connectivity index (χ4v) is 5.50. The number of rotatable bonds is 4. The number of nitrogens with zero attached hydrogens (tertiary/aromatic N) is 4. The van der Waals surface area contributed by atoms with Gasteiger partial charge in [-0.05, 0) is 54.6 Å². The Morgan fingerprint density at radius 2 is 1.66 bits per heavy atom. The number of carbonyl (C=O) groups is 1. The fraction of sp³-hybridized carbons (Fsp3) is 0.0370. The molecular weight excluding hydrogens is 460 g/mol. The summed E-state index contributed by atoms with van der Waals surface area (Å²) in [5.74, 6) is -0.169. The average Bonchev–Trinajstić information content (AvgIpc) is 3.28. The molecule has 0 saturated heterocycles. The lowest BCUT2D eigenvalue weighted by atomic mass is 10.0. The summed E-state index contributed by atoms with van der Waals surface area (Å²) in [4.78, 5) is 33.6. The predicted octanol–water partition coefficient (Wildman–Crippen LogP) is 6.37. The van der Waals surface area contributed by atoms with E-state index in [1.165, 1.54) is 17.0 Å². The average molecular weight is 479 g/mol. The lowest BCUT2D eigenvalue weighted by molar-refractivity contribution is -0.384. The number of fused-ring (bicyclic) bond motifs is 3. The zero-order valence-electron chi connectivity index (χ0n) is 18.6. The Morgan fingerprint density at radius 1 is 0.914 bits per heavy atom. The second-order valence-electron chi connectivity index (χ2n) is 8.18. The van der Waals surface area contributed by atoms with Gasteiger partial charge >= 0.3 is 0 Å². The molecule has 3 aromatic carbocycles. The number of non-ortho nitro benzene ring substituents is 1. The van der Waals surface area contributed by atoms with Crippen molar-refractivity contribution in [3.05, 3.63) is 112 Å². The van der Waals surface area contributed by atoms with Crippen molar-refractivity contribution in [2.24, 2.45) is 0 Å². The van der Waals surface area contributed by atoms with Crippen LogP contribution in [0.4, 0.5) is 17.1 Å². The number of hydrogen-bond donors (Lipinski definition) is 0. The van der Waals surface area contributed by atoms with Crippen LogP contribution in [0.15, 0.2) is 101 Å². The van der Waals surface area contributed by atoms with Crippen LogP contribution in [-0.2, 0) is 0 Å². The van der Waals surface area contributed by atoms with E-state index in [-0.39, 0.29) is 11.5 Å². The van der Waals surface area contributed by atoms with Crippen molar-refractivity contribution in [2.45, 2.75) is 9.79 Å². The van der Waals surface area contributed by atoms with Gasteiger partial charge in [0.2, 0.25) is 5.78 Å². The van der Waals surface area contributed by atoms with E-state index in [2.05, 4.69) is 17.0 Å². The molecular formula is C27H18N4O3S. The Morgan fingerprint density at radius 3 is 2.46 bits per heavy atom. The number of para-hydroxylation sites is 1. The largest absolute Gasteiger partial charge is 0.343 e. The molecule has 0 unspecified atom stereocenters. The summed E-state index contributed by atoms with van der Waals surface area (Å²) >= 11 is 1.68. The zero-order chi connectivity index (χ0) is 24.1. The molecule has 3 heterocycles. The van der Waals surface area contributed by atoms with Crippen LogP contribution in [0.25, 0.3) is 16.9 Å². The van der Waals surface area contributed by atoms with Crippen LogP contribution >= 0.6 is 11.8 Å². The second-order valence-corrected chi connectivity index (χ2v) is 9.27. The molecule has 0 N–H and O–H groups in total. The molecule has 0 spiro atoms. The van der Waals surface area contributed by atoms with Gasteiger partial charge < -0.3 is 4.90 Å². The SMILES string of the molecule is CN1c2ccccc2Sc2ccc(C(=O)c3c(-c4ccc([N+](=O)[O-])cc4)nc4ccccn34)cc21. The molecule has 0 aliphatic carbocycles. The molecule has 35 heavy (non-hydrogen) atoms. The lowest BCUT2D eigenvalue weighted by Gasteiger charge is -2.29. The maximum absolute atomic E-state index is 13.9. The van der Waals surface area contributed by atoms with Crippen LogP contribution in [0.2, 0.25) is 0 Å². The van der Waals surface area contributed by atoms with Crippen LogP contribution in [0.1, 0.15) is 16.1 Å². The molecule has 170 valence electrons. The van der Waals surface area contributed by atoms with Gasteiger partial charge in [-0.25, -0.2) is 4.98 Å². The van der Waals surface area contributed by atoms with Gasteiger partial charge in [0.25, 0.3) is 5.69 Å². The molecule has 1 aliphatic heterocycles. The molecule has 0 radical (unpaired) electrons. The first-order chi connectivity index (χ1) is 17.0. The van der Waals surface area contributed by atoms with Crippen molar-refractivity contribution < 1.29 is 9.72 Å². The molecule has 0 amide bonds. The molecule has 0 fully saturated rings. The Kier molecular flexibility index (Phi) is 4.89. The number of nitro benzene ring substituents is 1. The third-order valence-corrected chi connectivity index (χ3v) is 7.26. The smallest absolute Gasteiger partial charge is 0.269 e. The highest BCUT2D eigenvalue weighted by atomic mass is 32.2. The first kappa shape index (κ1) is 21.1. The minimum absolute atomic E-state index is 0.0131. The number of aromatic nitrogens is 2. The van der Waals surface area contributed by atoms with E-state index in [0.717, 1.165) is 16.3 Å². The van der Waals surface area contributed by atoms with Crippen molar-refractivity contribution in [3.8, 4) is 11.3 Å². The molecule has 6 rings (SSSR count). The number of anilines is 2. The van der Waals surface area contributed by atoms with Crippen molar-refractivity contribution in [3.63, 3.8) is 0 Å². The summed E-state index contributed by atoms with van der Waals surface area (Å²) in [7, 11) is 2.00. The van der Waals surface area contributed by atoms with E-state index >= 15 is 0 Å². The first-order valence-electron chi connectivity index (χ1n) is 10.9.